The standard InChI is InChI=1S/C13H26O.C9H19NO2.C6H13.BrH.Mg/c1-3-5-7-9-11-13(14)12-10-8-6-4-2;1-4-5-6-7-8-9(11)10(2)12-3;1-3-5-6-4-2;;/h3-12H2,1-2H3;4-8H2,1-3H3;1,3-6H2,2H3;1H;/q;;-1;;+2/p-1. The van der Waals surface area contributed by atoms with E-state index in [1.165, 1.54) is 82.8 Å². The van der Waals surface area contributed by atoms with Crippen LogP contribution in [-0.4, -0.2) is 54.0 Å². The summed E-state index contributed by atoms with van der Waals surface area (Å²) in [4.78, 5) is 27.3. The van der Waals surface area contributed by atoms with Crippen molar-refractivity contribution < 1.29 is 31.4 Å². The second-order valence-electron chi connectivity index (χ2n) is 8.61. The van der Waals surface area contributed by atoms with Crippen LogP contribution in [0.4, 0.5) is 0 Å². The minimum atomic E-state index is 0. The van der Waals surface area contributed by atoms with Crippen LogP contribution in [0.5, 0.6) is 0 Å². The van der Waals surface area contributed by atoms with Crippen molar-refractivity contribution in [2.75, 3.05) is 14.2 Å². The van der Waals surface area contributed by atoms with Gasteiger partial charge >= 0.3 is 23.1 Å². The summed E-state index contributed by atoms with van der Waals surface area (Å²) >= 11 is 0. The molecule has 0 saturated carbocycles. The van der Waals surface area contributed by atoms with Crippen molar-refractivity contribution in [3.05, 3.63) is 6.92 Å². The second kappa shape index (κ2) is 40.5. The number of Topliss-reactive ketones (excluding diaryl/α,β-unsaturated/α-hetero) is 1. The molecule has 0 unspecified atom stereocenters. The summed E-state index contributed by atoms with van der Waals surface area (Å²) < 4.78 is 0. The van der Waals surface area contributed by atoms with Gasteiger partial charge in [0.1, 0.15) is 5.78 Å². The Bertz CT molecular complexity index is 367. The molecule has 0 saturated heterocycles. The van der Waals surface area contributed by atoms with Gasteiger partial charge < -0.3 is 23.9 Å². The Kier molecular flexibility index (Phi) is 52.8. The van der Waals surface area contributed by atoms with E-state index in [1.807, 2.05) is 0 Å². The van der Waals surface area contributed by atoms with Crippen LogP contribution < -0.4 is 17.0 Å². The predicted molar refractivity (Wildman–Crippen MR) is 146 cm³/mol. The smallest absolute Gasteiger partial charge is 1.00 e. The Balaban J connectivity index is -0.000000128. The molecule has 0 bridgehead atoms. The number of unbranched alkanes of at least 4 members (excludes halogenated alkanes) is 12. The summed E-state index contributed by atoms with van der Waals surface area (Å²) in [6.07, 6.45) is 21.6. The molecule has 202 valence electrons. The molecule has 0 N–H and O–H groups in total. The Morgan fingerprint density at radius 1 is 0.647 bits per heavy atom. The molecule has 0 rings (SSSR count). The third kappa shape index (κ3) is 42.5. The van der Waals surface area contributed by atoms with E-state index < -0.39 is 0 Å². The third-order valence-corrected chi connectivity index (χ3v) is 5.34. The van der Waals surface area contributed by atoms with Gasteiger partial charge in [-0.2, -0.15) is 6.42 Å². The average molecular weight is 561 g/mol. The number of carbonyl (C=O) groups is 2. The van der Waals surface area contributed by atoms with E-state index in [2.05, 4.69) is 34.6 Å². The Hall–Kier alpha value is 0.346. The molecule has 0 atom stereocenters. The number of ketones is 1. The SMILES string of the molecule is CCCCCCC(=O)CCCCCC.CCCCCCC(=O)N(C)OC.[Br-].[CH2-]CCCCC.[Mg+2]. The topological polar surface area (TPSA) is 46.6 Å². The fourth-order valence-electron chi connectivity index (χ4n) is 3.01. The molecule has 0 aromatic heterocycles. The number of rotatable bonds is 19. The first kappa shape index (κ1) is 44.3. The van der Waals surface area contributed by atoms with Crippen LogP contribution in [0.3, 0.4) is 0 Å². The van der Waals surface area contributed by atoms with E-state index >= 15 is 0 Å². The van der Waals surface area contributed by atoms with Gasteiger partial charge in [0.05, 0.1) is 7.11 Å². The van der Waals surface area contributed by atoms with Crippen LogP contribution in [0.15, 0.2) is 0 Å². The molecule has 1 amide bonds. The molecular formula is C28H58BrMgNO3. The zero-order chi connectivity index (χ0) is 24.9. The summed E-state index contributed by atoms with van der Waals surface area (Å²) in [5.41, 5.74) is 0. The van der Waals surface area contributed by atoms with Gasteiger partial charge in [0, 0.05) is 26.3 Å². The van der Waals surface area contributed by atoms with E-state index in [9.17, 15) is 9.59 Å². The molecule has 6 heteroatoms. The van der Waals surface area contributed by atoms with Crippen molar-refractivity contribution in [2.24, 2.45) is 0 Å². The number of hydrogen-bond donors (Lipinski definition) is 0. The quantitative estimate of drug-likeness (QED) is 0.0907. The molecule has 0 aliphatic heterocycles. The molecule has 4 nitrogen and oxygen atoms in total. The van der Waals surface area contributed by atoms with Gasteiger partial charge in [0.15, 0.2) is 0 Å². The summed E-state index contributed by atoms with van der Waals surface area (Å²) in [6.45, 7) is 12.5. The first-order valence-electron chi connectivity index (χ1n) is 13.6. The number of carbonyl (C=O) groups excluding carboxylic acids is 2. The van der Waals surface area contributed by atoms with Crippen molar-refractivity contribution in [1.82, 2.24) is 5.06 Å². The number of nitrogens with zero attached hydrogens (tertiary/aromatic N) is 1. The fourth-order valence-corrected chi connectivity index (χ4v) is 3.01. The molecular weight excluding hydrogens is 503 g/mol. The number of hydroxylamine groups is 2. The van der Waals surface area contributed by atoms with Crippen molar-refractivity contribution in [2.45, 2.75) is 150 Å². The van der Waals surface area contributed by atoms with Gasteiger partial charge in [-0.15, -0.1) is 0 Å². The average Bonchev–Trinajstić information content (AvgIpc) is 2.81. The molecule has 0 fully saturated rings. The summed E-state index contributed by atoms with van der Waals surface area (Å²) in [5, 5.41) is 1.28. The van der Waals surface area contributed by atoms with Gasteiger partial charge in [-0.3, -0.25) is 14.4 Å². The third-order valence-electron chi connectivity index (χ3n) is 5.34. The maximum absolute atomic E-state index is 11.4. The van der Waals surface area contributed by atoms with Crippen LogP contribution in [0, 0.1) is 6.92 Å². The van der Waals surface area contributed by atoms with Gasteiger partial charge in [-0.25, -0.2) is 5.06 Å². The normalized spacial score (nSPS) is 9.38. The van der Waals surface area contributed by atoms with Crippen molar-refractivity contribution in [1.29, 1.82) is 0 Å². The predicted octanol–water partition coefficient (Wildman–Crippen LogP) is 5.50. The van der Waals surface area contributed by atoms with E-state index in [4.69, 9.17) is 4.84 Å². The number of amides is 1. The maximum Gasteiger partial charge on any atom is 2.00 e. The van der Waals surface area contributed by atoms with Gasteiger partial charge in [-0.05, 0) is 19.3 Å². The minimum absolute atomic E-state index is 0. The summed E-state index contributed by atoms with van der Waals surface area (Å²) in [7, 11) is 3.14. The molecule has 0 aromatic rings. The first-order valence-corrected chi connectivity index (χ1v) is 13.6. The van der Waals surface area contributed by atoms with Crippen LogP contribution in [0.25, 0.3) is 0 Å². The summed E-state index contributed by atoms with van der Waals surface area (Å²) in [6, 6.07) is 0. The monoisotopic (exact) mass is 559 g/mol. The van der Waals surface area contributed by atoms with E-state index in [-0.39, 0.29) is 45.9 Å². The van der Waals surface area contributed by atoms with Crippen LogP contribution >= 0.6 is 0 Å². The molecule has 34 heavy (non-hydrogen) atoms. The van der Waals surface area contributed by atoms with E-state index in [0.29, 0.717) is 12.2 Å². The van der Waals surface area contributed by atoms with Gasteiger partial charge in [0.2, 0.25) is 5.91 Å². The van der Waals surface area contributed by atoms with Crippen LogP contribution in [0.1, 0.15) is 150 Å². The summed E-state index contributed by atoms with van der Waals surface area (Å²) in [5.74, 6) is 0.547. The van der Waals surface area contributed by atoms with Crippen LogP contribution in [0.2, 0.25) is 0 Å². The van der Waals surface area contributed by atoms with E-state index in [0.717, 1.165) is 44.9 Å². The molecule has 0 spiro atoms. The van der Waals surface area contributed by atoms with Gasteiger partial charge in [0.25, 0.3) is 0 Å². The second-order valence-corrected chi connectivity index (χ2v) is 8.61. The first-order chi connectivity index (χ1) is 15.4. The molecule has 0 aliphatic carbocycles. The zero-order valence-corrected chi connectivity index (χ0v) is 26.9. The Morgan fingerprint density at radius 2 is 1.00 bits per heavy atom. The molecule has 0 heterocycles. The number of hydrogen-bond acceptors (Lipinski definition) is 3. The zero-order valence-electron chi connectivity index (χ0n) is 23.9. The number of halogens is 1. The van der Waals surface area contributed by atoms with Gasteiger partial charge in [-0.1, -0.05) is 105 Å². The molecule has 0 aliphatic rings. The van der Waals surface area contributed by atoms with Crippen LogP contribution in [-0.2, 0) is 14.4 Å². The van der Waals surface area contributed by atoms with E-state index in [1.54, 1.807) is 7.05 Å². The Labute approximate surface area is 241 Å². The minimum Gasteiger partial charge on any atom is -1.00 e. The molecule has 0 aromatic carbocycles. The Morgan fingerprint density at radius 3 is 1.29 bits per heavy atom. The fraction of sp³-hybridized carbons (Fsp3) is 0.893. The van der Waals surface area contributed by atoms with Crippen molar-refractivity contribution in [3.63, 3.8) is 0 Å². The van der Waals surface area contributed by atoms with Crippen molar-refractivity contribution >= 4 is 34.7 Å². The maximum atomic E-state index is 11.4. The largest absolute Gasteiger partial charge is 2.00 e. The molecule has 0 radical (unpaired) electrons. The van der Waals surface area contributed by atoms with Crippen molar-refractivity contribution in [3.8, 4) is 0 Å².